The molecule has 0 aliphatic rings. The zero-order valence-electron chi connectivity index (χ0n) is 9.11. The minimum absolute atomic E-state index is 0.125. The highest BCUT2D eigenvalue weighted by Gasteiger charge is 2.04. The minimum atomic E-state index is -0.125. The summed E-state index contributed by atoms with van der Waals surface area (Å²) in [7, 11) is 2.00. The van der Waals surface area contributed by atoms with Crippen molar-refractivity contribution >= 4 is 0 Å². The smallest absolute Gasteiger partial charge is 0.108 e. The summed E-state index contributed by atoms with van der Waals surface area (Å²) in [6.07, 6.45) is 8.50. The summed E-state index contributed by atoms with van der Waals surface area (Å²) in [6, 6.07) is 0. The molecule has 0 radical (unpaired) electrons. The molecule has 1 N–H and O–H groups in total. The Labute approximate surface area is 85.8 Å². The number of aliphatic hydroxyl groups excluding tert-OH is 1. The Morgan fingerprint density at radius 3 is 2.86 bits per heavy atom. The molecule has 3 heteroatoms. The maximum absolute atomic E-state index is 9.52. The van der Waals surface area contributed by atoms with Gasteiger partial charge in [0.25, 0.3) is 0 Å². The van der Waals surface area contributed by atoms with Crippen molar-refractivity contribution < 1.29 is 5.11 Å². The van der Waals surface area contributed by atoms with Gasteiger partial charge in [0, 0.05) is 25.9 Å². The second-order valence-electron chi connectivity index (χ2n) is 3.79. The average molecular weight is 196 g/mol. The van der Waals surface area contributed by atoms with Gasteiger partial charge in [0.1, 0.15) is 5.82 Å². The van der Waals surface area contributed by atoms with Crippen LogP contribution < -0.4 is 0 Å². The molecule has 0 spiro atoms. The van der Waals surface area contributed by atoms with Crippen molar-refractivity contribution in [1.29, 1.82) is 0 Å². The van der Waals surface area contributed by atoms with Gasteiger partial charge in [0.2, 0.25) is 0 Å². The normalized spacial score (nSPS) is 13.1. The molecular weight excluding hydrogens is 176 g/mol. The summed E-state index contributed by atoms with van der Waals surface area (Å²) >= 11 is 0. The molecule has 0 aliphatic heterocycles. The summed E-state index contributed by atoms with van der Waals surface area (Å²) < 4.78 is 2.03. The Morgan fingerprint density at radius 1 is 1.50 bits per heavy atom. The van der Waals surface area contributed by atoms with Crippen LogP contribution in [-0.4, -0.2) is 20.8 Å². The fourth-order valence-corrected chi connectivity index (χ4v) is 1.61. The molecule has 1 heterocycles. The van der Waals surface area contributed by atoms with Crippen molar-refractivity contribution in [3.05, 3.63) is 18.2 Å². The first kappa shape index (κ1) is 11.2. The fourth-order valence-electron chi connectivity index (χ4n) is 1.61. The van der Waals surface area contributed by atoms with Crippen molar-refractivity contribution in [2.24, 2.45) is 7.05 Å². The third-order valence-corrected chi connectivity index (χ3v) is 2.48. The van der Waals surface area contributed by atoms with Gasteiger partial charge in [-0.1, -0.05) is 13.3 Å². The number of aromatic nitrogens is 2. The summed E-state index contributed by atoms with van der Waals surface area (Å²) in [5, 5.41) is 9.52. The van der Waals surface area contributed by atoms with Gasteiger partial charge in [-0.25, -0.2) is 4.98 Å². The molecule has 0 aliphatic carbocycles. The lowest BCUT2D eigenvalue weighted by molar-refractivity contribution is 0.151. The van der Waals surface area contributed by atoms with Gasteiger partial charge >= 0.3 is 0 Å². The fraction of sp³-hybridized carbons (Fsp3) is 0.727. The molecule has 14 heavy (non-hydrogen) atoms. The van der Waals surface area contributed by atoms with E-state index < -0.39 is 0 Å². The monoisotopic (exact) mass is 196 g/mol. The third-order valence-electron chi connectivity index (χ3n) is 2.48. The second kappa shape index (κ2) is 5.81. The Hall–Kier alpha value is -0.830. The van der Waals surface area contributed by atoms with E-state index in [1.807, 2.05) is 24.0 Å². The number of hydrogen-bond acceptors (Lipinski definition) is 2. The maximum Gasteiger partial charge on any atom is 0.108 e. The van der Waals surface area contributed by atoms with Gasteiger partial charge in [-0.2, -0.15) is 0 Å². The molecule has 80 valence electrons. The average Bonchev–Trinajstić information content (AvgIpc) is 2.52. The van der Waals surface area contributed by atoms with Crippen molar-refractivity contribution in [1.82, 2.24) is 9.55 Å². The number of aliphatic hydroxyl groups is 1. The molecule has 1 rings (SSSR count). The van der Waals surface area contributed by atoms with E-state index in [0.717, 1.165) is 37.9 Å². The minimum Gasteiger partial charge on any atom is -0.393 e. The van der Waals surface area contributed by atoms with Crippen LogP contribution in [-0.2, 0) is 13.5 Å². The first-order valence-electron chi connectivity index (χ1n) is 5.38. The van der Waals surface area contributed by atoms with E-state index in [1.165, 1.54) is 0 Å². The Morgan fingerprint density at radius 2 is 2.29 bits per heavy atom. The van der Waals surface area contributed by atoms with Gasteiger partial charge in [0.05, 0.1) is 6.10 Å². The van der Waals surface area contributed by atoms with Gasteiger partial charge in [-0.15, -0.1) is 0 Å². The molecule has 0 saturated carbocycles. The zero-order valence-corrected chi connectivity index (χ0v) is 9.11. The van der Waals surface area contributed by atoms with Gasteiger partial charge in [-0.05, 0) is 19.3 Å². The van der Waals surface area contributed by atoms with Crippen LogP contribution in [0.15, 0.2) is 12.4 Å². The Balaban J connectivity index is 2.19. The van der Waals surface area contributed by atoms with Crippen LogP contribution >= 0.6 is 0 Å². The summed E-state index contributed by atoms with van der Waals surface area (Å²) in [4.78, 5) is 4.24. The highest BCUT2D eigenvalue weighted by Crippen LogP contribution is 2.07. The predicted molar refractivity (Wildman–Crippen MR) is 57.1 cm³/mol. The number of nitrogens with zero attached hydrogens (tertiary/aromatic N) is 2. The van der Waals surface area contributed by atoms with Crippen molar-refractivity contribution in [3.8, 4) is 0 Å². The topological polar surface area (TPSA) is 38.1 Å². The van der Waals surface area contributed by atoms with E-state index in [0.29, 0.717) is 0 Å². The van der Waals surface area contributed by atoms with E-state index in [2.05, 4.69) is 11.9 Å². The number of rotatable bonds is 6. The van der Waals surface area contributed by atoms with E-state index in [4.69, 9.17) is 0 Å². The SMILES string of the molecule is CCCC(O)CCCc1nccn1C. The number of hydrogen-bond donors (Lipinski definition) is 1. The van der Waals surface area contributed by atoms with Crippen molar-refractivity contribution in [3.63, 3.8) is 0 Å². The van der Waals surface area contributed by atoms with E-state index >= 15 is 0 Å². The van der Waals surface area contributed by atoms with Crippen molar-refractivity contribution in [2.75, 3.05) is 0 Å². The van der Waals surface area contributed by atoms with Crippen LogP contribution in [0.1, 0.15) is 38.4 Å². The van der Waals surface area contributed by atoms with Crippen LogP contribution in [0, 0.1) is 0 Å². The van der Waals surface area contributed by atoms with Gasteiger partial charge < -0.3 is 9.67 Å². The molecule has 3 nitrogen and oxygen atoms in total. The highest BCUT2D eigenvalue weighted by atomic mass is 16.3. The van der Waals surface area contributed by atoms with Crippen LogP contribution in [0.4, 0.5) is 0 Å². The lowest BCUT2D eigenvalue weighted by Gasteiger charge is -2.08. The Bertz CT molecular complexity index is 258. The van der Waals surface area contributed by atoms with Crippen molar-refractivity contribution in [2.45, 2.75) is 45.1 Å². The zero-order chi connectivity index (χ0) is 10.4. The lowest BCUT2D eigenvalue weighted by Crippen LogP contribution is -2.07. The van der Waals surface area contributed by atoms with Crippen LogP contribution in [0.3, 0.4) is 0 Å². The molecule has 0 amide bonds. The number of aryl methyl sites for hydroxylation is 2. The third kappa shape index (κ3) is 3.50. The molecule has 1 aromatic heterocycles. The Kier molecular flexibility index (Phi) is 4.66. The van der Waals surface area contributed by atoms with Crippen LogP contribution in [0.2, 0.25) is 0 Å². The number of imidazole rings is 1. The van der Waals surface area contributed by atoms with E-state index in [1.54, 1.807) is 0 Å². The molecule has 1 unspecified atom stereocenters. The van der Waals surface area contributed by atoms with Gasteiger partial charge in [0.15, 0.2) is 0 Å². The lowest BCUT2D eigenvalue weighted by atomic mass is 10.1. The molecular formula is C11H20N2O. The standard InChI is InChI=1S/C11H20N2O/c1-3-5-10(14)6-4-7-11-12-8-9-13(11)2/h8-10,14H,3-7H2,1-2H3. The molecule has 0 bridgehead atoms. The summed E-state index contributed by atoms with van der Waals surface area (Å²) in [6.45, 7) is 2.10. The first-order chi connectivity index (χ1) is 6.74. The molecule has 0 aromatic carbocycles. The molecule has 0 saturated heterocycles. The van der Waals surface area contributed by atoms with E-state index in [-0.39, 0.29) is 6.10 Å². The predicted octanol–water partition coefficient (Wildman–Crippen LogP) is 1.90. The van der Waals surface area contributed by atoms with Crippen LogP contribution in [0.25, 0.3) is 0 Å². The first-order valence-corrected chi connectivity index (χ1v) is 5.38. The second-order valence-corrected chi connectivity index (χ2v) is 3.79. The molecule has 1 atom stereocenters. The molecule has 0 fully saturated rings. The quantitative estimate of drug-likeness (QED) is 0.754. The largest absolute Gasteiger partial charge is 0.393 e. The van der Waals surface area contributed by atoms with E-state index in [9.17, 15) is 5.11 Å². The summed E-state index contributed by atoms with van der Waals surface area (Å²) in [5.74, 6) is 1.11. The summed E-state index contributed by atoms with van der Waals surface area (Å²) in [5.41, 5.74) is 0. The molecule has 1 aromatic rings. The highest BCUT2D eigenvalue weighted by molar-refractivity contribution is 4.90. The van der Waals surface area contributed by atoms with Crippen LogP contribution in [0.5, 0.6) is 0 Å². The van der Waals surface area contributed by atoms with Gasteiger partial charge in [-0.3, -0.25) is 0 Å². The maximum atomic E-state index is 9.52.